The van der Waals surface area contributed by atoms with Crippen LogP contribution in [0.2, 0.25) is 0 Å². The molecule has 0 bridgehead atoms. The summed E-state index contributed by atoms with van der Waals surface area (Å²) in [6.45, 7) is 6.55. The highest BCUT2D eigenvalue weighted by atomic mass is 14.7. The van der Waals surface area contributed by atoms with Crippen LogP contribution in [0.25, 0.3) is 11.1 Å². The molecule has 1 nitrogen and oxygen atoms in total. The first-order valence-corrected chi connectivity index (χ1v) is 9.74. The fraction of sp³-hybridized carbons (Fsp3) is 0.231. The summed E-state index contributed by atoms with van der Waals surface area (Å²) >= 11 is 0. The van der Waals surface area contributed by atoms with Gasteiger partial charge in [-0.15, -0.1) is 0 Å². The molecule has 27 heavy (non-hydrogen) atoms. The molecule has 1 aliphatic rings. The summed E-state index contributed by atoms with van der Waals surface area (Å²) < 4.78 is 0. The Bertz CT molecular complexity index is 913. The van der Waals surface area contributed by atoms with Gasteiger partial charge in [-0.05, 0) is 60.6 Å². The maximum Gasteiger partial charge on any atom is 0.0191 e. The minimum atomic E-state index is 0.769. The molecule has 4 rings (SSSR count). The van der Waals surface area contributed by atoms with Gasteiger partial charge in [-0.3, -0.25) is 0 Å². The number of hydrogen-bond acceptors (Lipinski definition) is 0. The summed E-state index contributed by atoms with van der Waals surface area (Å²) in [5.74, 6) is 0.769. The molecule has 1 aliphatic carbocycles. The molecule has 0 aliphatic heterocycles. The first-order chi connectivity index (χ1) is 13.1. The van der Waals surface area contributed by atoms with Crippen molar-refractivity contribution in [3.8, 4) is 11.1 Å². The molecule has 1 N–H and O–H groups in total. The van der Waals surface area contributed by atoms with Crippen molar-refractivity contribution < 1.29 is 0 Å². The lowest BCUT2D eigenvalue weighted by molar-refractivity contribution is 0.737. The van der Waals surface area contributed by atoms with Crippen LogP contribution in [0.1, 0.15) is 35.7 Å². The third-order valence-corrected chi connectivity index (χ3v) is 4.94. The minimum absolute atomic E-state index is 0.769. The third kappa shape index (κ3) is 5.34. The molecule has 0 fully saturated rings. The molecule has 2 aromatic carbocycles. The van der Waals surface area contributed by atoms with Crippen molar-refractivity contribution in [2.24, 2.45) is 5.92 Å². The highest BCUT2D eigenvalue weighted by molar-refractivity contribution is 5.71. The Morgan fingerprint density at radius 3 is 2.44 bits per heavy atom. The molecule has 3 aromatic rings. The van der Waals surface area contributed by atoms with E-state index in [9.17, 15) is 0 Å². The van der Waals surface area contributed by atoms with E-state index in [1.807, 2.05) is 6.20 Å². The zero-order valence-corrected chi connectivity index (χ0v) is 16.6. The summed E-state index contributed by atoms with van der Waals surface area (Å²) in [6, 6.07) is 19.5. The van der Waals surface area contributed by atoms with Crippen molar-refractivity contribution in [1.82, 2.24) is 4.98 Å². The smallest absolute Gasteiger partial charge is 0.0191 e. The van der Waals surface area contributed by atoms with Gasteiger partial charge in [-0.25, -0.2) is 0 Å². The number of allylic oxidation sites excluding steroid dienone is 4. The second-order valence-electron chi connectivity index (χ2n) is 7.37. The van der Waals surface area contributed by atoms with Crippen LogP contribution in [-0.4, -0.2) is 4.98 Å². The average Bonchev–Trinajstić information content (AvgIpc) is 3.19. The Balaban J connectivity index is 0.000000253. The zero-order valence-electron chi connectivity index (χ0n) is 16.6. The SMILES string of the molecule is CC1C=CC=CC1.Cc1ccc(C)c(-c2ccccc2Cc2ccc[nH]2)c1. The van der Waals surface area contributed by atoms with Gasteiger partial charge in [0.05, 0.1) is 0 Å². The lowest BCUT2D eigenvalue weighted by atomic mass is 9.93. The second kappa shape index (κ2) is 9.23. The number of hydrogen-bond donors (Lipinski definition) is 1. The van der Waals surface area contributed by atoms with E-state index < -0.39 is 0 Å². The van der Waals surface area contributed by atoms with E-state index in [1.54, 1.807) is 0 Å². The maximum absolute atomic E-state index is 3.29. The van der Waals surface area contributed by atoms with E-state index >= 15 is 0 Å². The van der Waals surface area contributed by atoms with Crippen molar-refractivity contribution in [2.45, 2.75) is 33.6 Å². The summed E-state index contributed by atoms with van der Waals surface area (Å²) in [4.78, 5) is 3.29. The molecule has 1 heterocycles. The molecule has 138 valence electrons. The largest absolute Gasteiger partial charge is 0.365 e. The second-order valence-corrected chi connectivity index (χ2v) is 7.37. The van der Waals surface area contributed by atoms with E-state index in [4.69, 9.17) is 0 Å². The summed E-state index contributed by atoms with van der Waals surface area (Å²) in [5, 5.41) is 0. The van der Waals surface area contributed by atoms with Gasteiger partial charge in [0.25, 0.3) is 0 Å². The minimum Gasteiger partial charge on any atom is -0.365 e. The van der Waals surface area contributed by atoms with E-state index in [2.05, 4.69) is 105 Å². The molecule has 0 saturated heterocycles. The zero-order chi connectivity index (χ0) is 19.1. The van der Waals surface area contributed by atoms with E-state index in [0.717, 1.165) is 12.3 Å². The standard InChI is InChI=1S/C19H19N.C7H10/c1-14-9-10-15(2)19(12-14)18-8-4-3-6-16(18)13-17-7-5-11-20-17;1-7-5-3-2-4-6-7/h3-12,20H,13H2,1-2H3;2-5,7H,6H2,1H3. The van der Waals surface area contributed by atoms with Crippen molar-refractivity contribution in [2.75, 3.05) is 0 Å². The molecule has 1 heteroatoms. The maximum atomic E-state index is 3.29. The molecule has 0 saturated carbocycles. The molecular formula is C26H29N. The number of rotatable bonds is 3. The molecule has 0 spiro atoms. The molecule has 1 unspecified atom stereocenters. The van der Waals surface area contributed by atoms with Crippen molar-refractivity contribution >= 4 is 0 Å². The number of benzene rings is 2. The van der Waals surface area contributed by atoms with Gasteiger partial charge in [0, 0.05) is 18.3 Å². The number of aromatic amines is 1. The Morgan fingerprint density at radius 2 is 1.78 bits per heavy atom. The highest BCUT2D eigenvalue weighted by Gasteiger charge is 2.08. The number of aromatic nitrogens is 1. The van der Waals surface area contributed by atoms with Crippen LogP contribution in [0, 0.1) is 19.8 Å². The molecule has 1 atom stereocenters. The fourth-order valence-electron chi connectivity index (χ4n) is 3.35. The summed E-state index contributed by atoms with van der Waals surface area (Å²) in [5.41, 5.74) is 7.93. The third-order valence-electron chi connectivity index (χ3n) is 4.94. The summed E-state index contributed by atoms with van der Waals surface area (Å²) in [6.07, 6.45) is 12.8. The fourth-order valence-corrected chi connectivity index (χ4v) is 3.35. The predicted octanol–water partition coefficient (Wildman–Crippen LogP) is 7.03. The van der Waals surface area contributed by atoms with Crippen LogP contribution in [-0.2, 0) is 6.42 Å². The van der Waals surface area contributed by atoms with Gasteiger partial charge in [-0.1, -0.05) is 79.3 Å². The Kier molecular flexibility index (Phi) is 6.49. The van der Waals surface area contributed by atoms with Gasteiger partial charge in [0.2, 0.25) is 0 Å². The van der Waals surface area contributed by atoms with Crippen LogP contribution in [0.3, 0.4) is 0 Å². The summed E-state index contributed by atoms with van der Waals surface area (Å²) in [7, 11) is 0. The predicted molar refractivity (Wildman–Crippen MR) is 117 cm³/mol. The van der Waals surface area contributed by atoms with Gasteiger partial charge >= 0.3 is 0 Å². The Hall–Kier alpha value is -2.80. The first kappa shape index (κ1) is 19.0. The normalized spacial score (nSPS) is 15.3. The van der Waals surface area contributed by atoms with E-state index in [1.165, 1.54) is 39.9 Å². The van der Waals surface area contributed by atoms with Crippen LogP contribution in [0.4, 0.5) is 0 Å². The number of H-pyrrole nitrogens is 1. The highest BCUT2D eigenvalue weighted by Crippen LogP contribution is 2.29. The van der Waals surface area contributed by atoms with E-state index in [-0.39, 0.29) is 0 Å². The molecule has 0 radical (unpaired) electrons. The van der Waals surface area contributed by atoms with Gasteiger partial charge in [0.15, 0.2) is 0 Å². The number of nitrogens with one attached hydrogen (secondary N) is 1. The Labute approximate surface area is 163 Å². The van der Waals surface area contributed by atoms with Crippen molar-refractivity contribution in [1.29, 1.82) is 0 Å². The van der Waals surface area contributed by atoms with Gasteiger partial charge in [-0.2, -0.15) is 0 Å². The number of aryl methyl sites for hydroxylation is 2. The van der Waals surface area contributed by atoms with Crippen LogP contribution >= 0.6 is 0 Å². The quantitative estimate of drug-likeness (QED) is 0.519. The molecule has 1 aromatic heterocycles. The molecular weight excluding hydrogens is 326 g/mol. The van der Waals surface area contributed by atoms with Crippen molar-refractivity contribution in [3.05, 3.63) is 107 Å². The molecule has 0 amide bonds. The van der Waals surface area contributed by atoms with Crippen LogP contribution in [0.15, 0.2) is 85.1 Å². The van der Waals surface area contributed by atoms with Gasteiger partial charge in [0.1, 0.15) is 0 Å². The first-order valence-electron chi connectivity index (χ1n) is 9.74. The van der Waals surface area contributed by atoms with Gasteiger partial charge < -0.3 is 4.98 Å². The lowest BCUT2D eigenvalue weighted by Crippen LogP contribution is -1.94. The van der Waals surface area contributed by atoms with Crippen LogP contribution in [0.5, 0.6) is 0 Å². The Morgan fingerprint density at radius 1 is 0.926 bits per heavy atom. The van der Waals surface area contributed by atoms with Crippen molar-refractivity contribution in [3.63, 3.8) is 0 Å². The van der Waals surface area contributed by atoms with Crippen LogP contribution < -0.4 is 0 Å². The topological polar surface area (TPSA) is 15.8 Å². The lowest BCUT2D eigenvalue weighted by Gasteiger charge is -2.12. The monoisotopic (exact) mass is 355 g/mol. The van der Waals surface area contributed by atoms with E-state index in [0.29, 0.717) is 0 Å². The average molecular weight is 356 g/mol.